The van der Waals surface area contributed by atoms with E-state index in [4.69, 9.17) is 0 Å². The highest BCUT2D eigenvalue weighted by Crippen LogP contribution is 2.23. The van der Waals surface area contributed by atoms with E-state index in [0.29, 0.717) is 0 Å². The van der Waals surface area contributed by atoms with Crippen LogP contribution in [-0.2, 0) is 6.42 Å². The van der Waals surface area contributed by atoms with Gasteiger partial charge in [0.1, 0.15) is 0 Å². The van der Waals surface area contributed by atoms with Gasteiger partial charge in [-0.2, -0.15) is 0 Å². The molecule has 2 aromatic rings. The highest BCUT2D eigenvalue weighted by Gasteiger charge is 2.14. The Bertz CT molecular complexity index is 507. The van der Waals surface area contributed by atoms with E-state index in [1.807, 2.05) is 6.20 Å². The van der Waals surface area contributed by atoms with Gasteiger partial charge in [-0.15, -0.1) is 0 Å². The molecule has 1 aliphatic rings. The number of piperidine rings is 1. The van der Waals surface area contributed by atoms with E-state index in [1.54, 1.807) is 0 Å². The minimum absolute atomic E-state index is 0.868. The van der Waals surface area contributed by atoms with Crippen molar-refractivity contribution in [1.82, 2.24) is 10.3 Å². The third-order valence-corrected chi connectivity index (χ3v) is 3.90. The van der Waals surface area contributed by atoms with E-state index in [-0.39, 0.29) is 0 Å². The van der Waals surface area contributed by atoms with Crippen molar-refractivity contribution in [3.8, 4) is 0 Å². The van der Waals surface area contributed by atoms with Crippen LogP contribution in [0.4, 0.5) is 0 Å². The summed E-state index contributed by atoms with van der Waals surface area (Å²) in [5, 5.41) is 4.79. The molecular formula is C15H20N2. The average Bonchev–Trinajstić information content (AvgIpc) is 2.79. The van der Waals surface area contributed by atoms with Gasteiger partial charge in [0.05, 0.1) is 0 Å². The summed E-state index contributed by atoms with van der Waals surface area (Å²) in [6.07, 6.45) is 5.92. The lowest BCUT2D eigenvalue weighted by Crippen LogP contribution is -2.28. The van der Waals surface area contributed by atoms with Gasteiger partial charge in [-0.25, -0.2) is 0 Å². The van der Waals surface area contributed by atoms with Crippen molar-refractivity contribution in [1.29, 1.82) is 0 Å². The largest absolute Gasteiger partial charge is 0.361 e. The molecule has 2 nitrogen and oxygen atoms in total. The summed E-state index contributed by atoms with van der Waals surface area (Å²) < 4.78 is 0. The summed E-state index contributed by atoms with van der Waals surface area (Å²) >= 11 is 0. The summed E-state index contributed by atoms with van der Waals surface area (Å²) in [5.41, 5.74) is 4.16. The highest BCUT2D eigenvalue weighted by atomic mass is 14.9. The van der Waals surface area contributed by atoms with Gasteiger partial charge < -0.3 is 10.3 Å². The highest BCUT2D eigenvalue weighted by molar-refractivity contribution is 5.83. The van der Waals surface area contributed by atoms with E-state index in [1.165, 1.54) is 54.4 Å². The van der Waals surface area contributed by atoms with Crippen LogP contribution < -0.4 is 5.32 Å². The van der Waals surface area contributed by atoms with Gasteiger partial charge in [-0.3, -0.25) is 0 Å². The predicted octanol–water partition coefficient (Wildman–Crippen LogP) is 3.02. The van der Waals surface area contributed by atoms with Crippen molar-refractivity contribution >= 4 is 10.9 Å². The minimum Gasteiger partial charge on any atom is -0.361 e. The number of fused-ring (bicyclic) bond motifs is 1. The Kier molecular flexibility index (Phi) is 2.89. The molecule has 0 bridgehead atoms. The smallest absolute Gasteiger partial charge is 0.0483 e. The number of hydrogen-bond acceptors (Lipinski definition) is 1. The molecule has 17 heavy (non-hydrogen) atoms. The molecular weight excluding hydrogens is 208 g/mol. The van der Waals surface area contributed by atoms with Gasteiger partial charge in [0.2, 0.25) is 0 Å². The molecule has 1 fully saturated rings. The van der Waals surface area contributed by atoms with Crippen LogP contribution in [0.15, 0.2) is 24.4 Å². The zero-order chi connectivity index (χ0) is 11.7. The van der Waals surface area contributed by atoms with E-state index >= 15 is 0 Å². The summed E-state index contributed by atoms with van der Waals surface area (Å²) in [5.74, 6) is 0.868. The lowest BCUT2D eigenvalue weighted by molar-refractivity contribution is 0.373. The van der Waals surface area contributed by atoms with Crippen molar-refractivity contribution in [3.05, 3.63) is 35.5 Å². The molecule has 1 aliphatic heterocycles. The van der Waals surface area contributed by atoms with E-state index in [9.17, 15) is 0 Å². The second-order valence-corrected chi connectivity index (χ2v) is 5.25. The molecule has 1 aromatic carbocycles. The average molecular weight is 228 g/mol. The monoisotopic (exact) mass is 228 g/mol. The lowest BCUT2D eigenvalue weighted by atomic mass is 9.90. The summed E-state index contributed by atoms with van der Waals surface area (Å²) in [6, 6.07) is 6.87. The Labute approximate surface area is 102 Å². The van der Waals surface area contributed by atoms with Crippen LogP contribution in [0.5, 0.6) is 0 Å². The number of aromatic nitrogens is 1. The molecule has 2 heteroatoms. The molecule has 90 valence electrons. The molecule has 0 spiro atoms. The van der Waals surface area contributed by atoms with Crippen molar-refractivity contribution in [2.45, 2.75) is 26.2 Å². The van der Waals surface area contributed by atoms with Gasteiger partial charge in [-0.1, -0.05) is 6.07 Å². The molecule has 0 saturated carbocycles. The number of H-pyrrole nitrogens is 1. The van der Waals surface area contributed by atoms with Crippen molar-refractivity contribution in [2.24, 2.45) is 5.92 Å². The van der Waals surface area contributed by atoms with E-state index in [0.717, 1.165) is 5.92 Å². The van der Waals surface area contributed by atoms with E-state index in [2.05, 4.69) is 35.4 Å². The SMILES string of the molecule is Cc1cc(CC2CCNCC2)cc2cc[nH]c12. The third kappa shape index (κ3) is 2.22. The van der Waals surface area contributed by atoms with Crippen LogP contribution in [0.25, 0.3) is 10.9 Å². The number of nitrogens with one attached hydrogen (secondary N) is 2. The first-order chi connectivity index (χ1) is 8.33. The minimum atomic E-state index is 0.868. The maximum atomic E-state index is 3.43. The van der Waals surface area contributed by atoms with Gasteiger partial charge in [-0.05, 0) is 73.8 Å². The molecule has 0 atom stereocenters. The fourth-order valence-corrected chi connectivity index (χ4v) is 2.97. The van der Waals surface area contributed by atoms with Crippen molar-refractivity contribution in [3.63, 3.8) is 0 Å². The molecule has 1 saturated heterocycles. The van der Waals surface area contributed by atoms with Crippen LogP contribution in [0.1, 0.15) is 24.0 Å². The summed E-state index contributed by atoms with van der Waals surface area (Å²) in [6.45, 7) is 4.58. The van der Waals surface area contributed by atoms with Crippen LogP contribution in [0, 0.1) is 12.8 Å². The molecule has 0 unspecified atom stereocenters. The fraction of sp³-hybridized carbons (Fsp3) is 0.467. The van der Waals surface area contributed by atoms with Crippen LogP contribution in [-0.4, -0.2) is 18.1 Å². The Morgan fingerprint density at radius 3 is 2.88 bits per heavy atom. The van der Waals surface area contributed by atoms with Gasteiger partial charge in [0, 0.05) is 11.7 Å². The van der Waals surface area contributed by atoms with Crippen molar-refractivity contribution in [2.75, 3.05) is 13.1 Å². The number of rotatable bonds is 2. The normalized spacial score (nSPS) is 17.7. The predicted molar refractivity (Wildman–Crippen MR) is 72.3 cm³/mol. The molecule has 2 N–H and O–H groups in total. The number of aromatic amines is 1. The second kappa shape index (κ2) is 4.53. The molecule has 0 amide bonds. The number of aryl methyl sites for hydroxylation is 1. The third-order valence-electron chi connectivity index (χ3n) is 3.90. The lowest BCUT2D eigenvalue weighted by Gasteiger charge is -2.22. The molecule has 1 aromatic heterocycles. The summed E-state index contributed by atoms with van der Waals surface area (Å²) in [4.78, 5) is 3.31. The van der Waals surface area contributed by atoms with Crippen LogP contribution in [0.2, 0.25) is 0 Å². The molecule has 3 rings (SSSR count). The van der Waals surface area contributed by atoms with Crippen LogP contribution in [0.3, 0.4) is 0 Å². The first kappa shape index (κ1) is 10.8. The Morgan fingerprint density at radius 2 is 2.06 bits per heavy atom. The van der Waals surface area contributed by atoms with Crippen LogP contribution >= 0.6 is 0 Å². The summed E-state index contributed by atoms with van der Waals surface area (Å²) in [7, 11) is 0. The van der Waals surface area contributed by atoms with Gasteiger partial charge in [0.25, 0.3) is 0 Å². The zero-order valence-electron chi connectivity index (χ0n) is 10.4. The maximum Gasteiger partial charge on any atom is 0.0483 e. The topological polar surface area (TPSA) is 27.8 Å². The number of benzene rings is 1. The van der Waals surface area contributed by atoms with Gasteiger partial charge in [0.15, 0.2) is 0 Å². The quantitative estimate of drug-likeness (QED) is 0.812. The first-order valence-corrected chi connectivity index (χ1v) is 6.60. The van der Waals surface area contributed by atoms with Gasteiger partial charge >= 0.3 is 0 Å². The Balaban J connectivity index is 1.84. The zero-order valence-corrected chi connectivity index (χ0v) is 10.4. The first-order valence-electron chi connectivity index (χ1n) is 6.60. The maximum absolute atomic E-state index is 3.43. The molecule has 0 radical (unpaired) electrons. The standard InChI is InChI=1S/C15H20N2/c1-11-8-13(9-12-2-5-16-6-3-12)10-14-4-7-17-15(11)14/h4,7-8,10,12,16-17H,2-3,5-6,9H2,1H3. The molecule has 2 heterocycles. The second-order valence-electron chi connectivity index (χ2n) is 5.25. The fourth-order valence-electron chi connectivity index (χ4n) is 2.97. The van der Waals surface area contributed by atoms with E-state index < -0.39 is 0 Å². The Morgan fingerprint density at radius 1 is 1.24 bits per heavy atom. The molecule has 0 aliphatic carbocycles. The van der Waals surface area contributed by atoms with Crippen molar-refractivity contribution < 1.29 is 0 Å². The number of hydrogen-bond donors (Lipinski definition) is 2. The Hall–Kier alpha value is -1.28.